The van der Waals surface area contributed by atoms with E-state index in [1.807, 2.05) is 0 Å². The molecule has 0 fully saturated rings. The summed E-state index contributed by atoms with van der Waals surface area (Å²) in [6, 6.07) is 0. The predicted molar refractivity (Wildman–Crippen MR) is 72.8 cm³/mol. The number of hydrogen-bond acceptors (Lipinski definition) is 5. The molecule has 112 valence electrons. The van der Waals surface area contributed by atoms with Gasteiger partial charge in [-0.3, -0.25) is 9.59 Å². The van der Waals surface area contributed by atoms with Gasteiger partial charge in [-0.15, -0.1) is 0 Å². The fourth-order valence-electron chi connectivity index (χ4n) is 1.85. The first kappa shape index (κ1) is 16.2. The first-order valence-corrected chi connectivity index (χ1v) is 6.52. The molecular weight excluding hydrogens is 260 g/mol. The van der Waals surface area contributed by atoms with Crippen LogP contribution in [-0.2, 0) is 20.7 Å². The van der Waals surface area contributed by atoms with Crippen LogP contribution in [0.15, 0.2) is 4.42 Å². The maximum absolute atomic E-state index is 11.8. The quantitative estimate of drug-likeness (QED) is 0.829. The van der Waals surface area contributed by atoms with Gasteiger partial charge in [0.15, 0.2) is 5.89 Å². The van der Waals surface area contributed by atoms with Crippen molar-refractivity contribution in [1.29, 1.82) is 0 Å². The number of amides is 1. The van der Waals surface area contributed by atoms with Crippen LogP contribution >= 0.6 is 0 Å². The number of hydrogen-bond donors (Lipinski definition) is 1. The number of carbonyl (C=O) groups is 2. The first-order chi connectivity index (χ1) is 9.08. The normalized spacial score (nSPS) is 13.1. The van der Waals surface area contributed by atoms with Crippen molar-refractivity contribution >= 4 is 11.9 Å². The molecule has 20 heavy (non-hydrogen) atoms. The highest BCUT2D eigenvalue weighted by atomic mass is 16.6. The SMILES string of the molecule is Cc1nc(CC(CC(=O)OC(C)(C)C)C(N)=O)c(C)o1. The minimum Gasteiger partial charge on any atom is -0.460 e. The monoisotopic (exact) mass is 282 g/mol. The molecule has 1 atom stereocenters. The van der Waals surface area contributed by atoms with Crippen molar-refractivity contribution in [2.24, 2.45) is 11.7 Å². The Bertz CT molecular complexity index is 500. The molecule has 1 aromatic heterocycles. The van der Waals surface area contributed by atoms with Crippen molar-refractivity contribution in [3.63, 3.8) is 0 Å². The van der Waals surface area contributed by atoms with Crippen molar-refractivity contribution in [2.45, 2.75) is 53.1 Å². The van der Waals surface area contributed by atoms with Crippen molar-refractivity contribution in [1.82, 2.24) is 4.98 Å². The number of esters is 1. The molecule has 0 bridgehead atoms. The summed E-state index contributed by atoms with van der Waals surface area (Å²) >= 11 is 0. The molecule has 0 spiro atoms. The Morgan fingerprint density at radius 1 is 1.35 bits per heavy atom. The molecular formula is C14H22N2O4. The average molecular weight is 282 g/mol. The van der Waals surface area contributed by atoms with Crippen LogP contribution in [-0.4, -0.2) is 22.5 Å². The molecule has 0 radical (unpaired) electrons. The van der Waals surface area contributed by atoms with Crippen LogP contribution in [0.2, 0.25) is 0 Å². The van der Waals surface area contributed by atoms with Gasteiger partial charge in [0.25, 0.3) is 0 Å². The molecule has 0 aromatic carbocycles. The summed E-state index contributed by atoms with van der Waals surface area (Å²) in [5.74, 6) is -0.473. The molecule has 0 saturated carbocycles. The number of oxazole rings is 1. The molecule has 0 aliphatic heterocycles. The number of carbonyl (C=O) groups excluding carboxylic acids is 2. The lowest BCUT2D eigenvalue weighted by molar-refractivity contribution is -0.157. The van der Waals surface area contributed by atoms with Crippen molar-refractivity contribution in [3.05, 3.63) is 17.3 Å². The fourth-order valence-corrected chi connectivity index (χ4v) is 1.85. The van der Waals surface area contributed by atoms with Crippen molar-refractivity contribution in [3.8, 4) is 0 Å². The van der Waals surface area contributed by atoms with E-state index in [4.69, 9.17) is 14.9 Å². The van der Waals surface area contributed by atoms with Gasteiger partial charge in [-0.2, -0.15) is 0 Å². The molecule has 1 aromatic rings. The largest absolute Gasteiger partial charge is 0.460 e. The number of rotatable bonds is 5. The van der Waals surface area contributed by atoms with Crippen LogP contribution < -0.4 is 5.73 Å². The highest BCUT2D eigenvalue weighted by molar-refractivity contribution is 5.82. The van der Waals surface area contributed by atoms with Crippen molar-refractivity contribution in [2.75, 3.05) is 0 Å². The van der Waals surface area contributed by atoms with E-state index in [0.717, 1.165) is 0 Å². The van der Waals surface area contributed by atoms with Gasteiger partial charge in [-0.25, -0.2) is 4.98 Å². The standard InChI is InChI=1S/C14H22N2O4/c1-8-11(16-9(2)19-8)6-10(13(15)18)7-12(17)20-14(3,4)5/h10H,6-7H2,1-5H3,(H2,15,18). The van der Waals surface area contributed by atoms with E-state index in [-0.39, 0.29) is 12.8 Å². The maximum Gasteiger partial charge on any atom is 0.307 e. The number of aromatic nitrogens is 1. The summed E-state index contributed by atoms with van der Waals surface area (Å²) in [6.45, 7) is 8.81. The van der Waals surface area contributed by atoms with E-state index >= 15 is 0 Å². The number of aryl methyl sites for hydroxylation is 2. The van der Waals surface area contributed by atoms with E-state index in [2.05, 4.69) is 4.98 Å². The predicted octanol–water partition coefficient (Wildman–Crippen LogP) is 1.67. The number of primary amides is 1. The number of nitrogens with two attached hydrogens (primary N) is 1. The van der Waals surface area contributed by atoms with E-state index in [0.29, 0.717) is 17.3 Å². The van der Waals surface area contributed by atoms with Gasteiger partial charge in [0.05, 0.1) is 18.0 Å². The minimum absolute atomic E-state index is 0.0576. The number of nitrogens with zero attached hydrogens (tertiary/aromatic N) is 1. The Morgan fingerprint density at radius 2 is 1.95 bits per heavy atom. The lowest BCUT2D eigenvalue weighted by Gasteiger charge is -2.21. The van der Waals surface area contributed by atoms with E-state index in [9.17, 15) is 9.59 Å². The first-order valence-electron chi connectivity index (χ1n) is 6.52. The summed E-state index contributed by atoms with van der Waals surface area (Å²) < 4.78 is 10.5. The van der Waals surface area contributed by atoms with Crippen LogP contribution in [0.25, 0.3) is 0 Å². The molecule has 0 saturated heterocycles. The topological polar surface area (TPSA) is 95.4 Å². The molecule has 6 nitrogen and oxygen atoms in total. The summed E-state index contributed by atoms with van der Waals surface area (Å²) in [4.78, 5) is 27.4. The Balaban J connectivity index is 2.73. The van der Waals surface area contributed by atoms with Gasteiger partial charge >= 0.3 is 5.97 Å². The zero-order valence-electron chi connectivity index (χ0n) is 12.6. The Morgan fingerprint density at radius 3 is 2.35 bits per heavy atom. The molecule has 0 aliphatic rings. The summed E-state index contributed by atoms with van der Waals surface area (Å²) in [6.07, 6.45) is 0.218. The summed E-state index contributed by atoms with van der Waals surface area (Å²) in [7, 11) is 0. The second-order valence-corrected chi connectivity index (χ2v) is 5.83. The van der Waals surface area contributed by atoms with Gasteiger partial charge in [-0.05, 0) is 27.7 Å². The molecule has 1 rings (SSSR count). The lowest BCUT2D eigenvalue weighted by Crippen LogP contribution is -2.31. The highest BCUT2D eigenvalue weighted by Gasteiger charge is 2.26. The minimum atomic E-state index is -0.645. The van der Waals surface area contributed by atoms with E-state index in [1.165, 1.54) is 0 Å². The molecule has 1 amide bonds. The second kappa shape index (κ2) is 6.07. The Kier molecular flexibility index (Phi) is 4.92. The zero-order chi connectivity index (χ0) is 15.5. The van der Waals surface area contributed by atoms with Gasteiger partial charge in [0.2, 0.25) is 5.91 Å². The zero-order valence-corrected chi connectivity index (χ0v) is 12.6. The summed E-state index contributed by atoms with van der Waals surface area (Å²) in [5.41, 5.74) is 5.41. The third-order valence-corrected chi connectivity index (χ3v) is 2.67. The number of ether oxygens (including phenoxy) is 1. The third-order valence-electron chi connectivity index (χ3n) is 2.67. The van der Waals surface area contributed by atoms with Gasteiger partial charge in [-0.1, -0.05) is 0 Å². The van der Waals surface area contributed by atoms with E-state index < -0.39 is 23.4 Å². The average Bonchev–Trinajstić information content (AvgIpc) is 2.53. The second-order valence-electron chi connectivity index (χ2n) is 5.83. The van der Waals surface area contributed by atoms with Crippen LogP contribution in [0.1, 0.15) is 44.5 Å². The van der Waals surface area contributed by atoms with Crippen LogP contribution in [0, 0.1) is 19.8 Å². The third kappa shape index (κ3) is 5.03. The van der Waals surface area contributed by atoms with Gasteiger partial charge in [0.1, 0.15) is 11.4 Å². The molecule has 1 unspecified atom stereocenters. The van der Waals surface area contributed by atoms with Crippen LogP contribution in [0.5, 0.6) is 0 Å². The van der Waals surface area contributed by atoms with Crippen LogP contribution in [0.3, 0.4) is 0 Å². The maximum atomic E-state index is 11.8. The molecule has 0 aliphatic carbocycles. The Labute approximate surface area is 118 Å². The lowest BCUT2D eigenvalue weighted by atomic mass is 9.98. The molecule has 6 heteroatoms. The van der Waals surface area contributed by atoms with Crippen molar-refractivity contribution < 1.29 is 18.7 Å². The van der Waals surface area contributed by atoms with Crippen LogP contribution in [0.4, 0.5) is 0 Å². The fraction of sp³-hybridized carbons (Fsp3) is 0.643. The highest BCUT2D eigenvalue weighted by Crippen LogP contribution is 2.18. The summed E-state index contributed by atoms with van der Waals surface area (Å²) in [5, 5.41) is 0. The van der Waals surface area contributed by atoms with Gasteiger partial charge in [0, 0.05) is 13.3 Å². The molecule has 1 heterocycles. The van der Waals surface area contributed by atoms with E-state index in [1.54, 1.807) is 34.6 Å². The smallest absolute Gasteiger partial charge is 0.307 e. The Hall–Kier alpha value is -1.85. The van der Waals surface area contributed by atoms with Gasteiger partial charge < -0.3 is 14.9 Å². The molecule has 2 N–H and O–H groups in total.